The van der Waals surface area contributed by atoms with Crippen LogP contribution >= 0.6 is 0 Å². The second-order valence-electron chi connectivity index (χ2n) is 6.25. The second kappa shape index (κ2) is 5.56. The molecule has 1 saturated heterocycles. The van der Waals surface area contributed by atoms with E-state index in [-0.39, 0.29) is 23.4 Å². The SMILES string of the molecule is CC(C(=O)c1cccc([N+](=O)[O-])c1)C1NCC2CCCC21. The molecular weight excluding hydrogens is 268 g/mol. The van der Waals surface area contributed by atoms with Gasteiger partial charge in [0.25, 0.3) is 5.69 Å². The van der Waals surface area contributed by atoms with E-state index in [4.69, 9.17) is 0 Å². The maximum absolute atomic E-state index is 12.6. The van der Waals surface area contributed by atoms with Gasteiger partial charge in [-0.05, 0) is 31.2 Å². The van der Waals surface area contributed by atoms with Crippen LogP contribution in [-0.4, -0.2) is 23.3 Å². The minimum absolute atomic E-state index is 0.00347. The van der Waals surface area contributed by atoms with Gasteiger partial charge in [0, 0.05) is 29.7 Å². The van der Waals surface area contributed by atoms with Gasteiger partial charge in [-0.3, -0.25) is 14.9 Å². The summed E-state index contributed by atoms with van der Waals surface area (Å²) < 4.78 is 0. The van der Waals surface area contributed by atoms with Gasteiger partial charge in [-0.15, -0.1) is 0 Å². The molecule has 21 heavy (non-hydrogen) atoms. The highest BCUT2D eigenvalue weighted by Crippen LogP contribution is 2.40. The molecule has 1 N–H and O–H groups in total. The molecule has 1 aliphatic heterocycles. The summed E-state index contributed by atoms with van der Waals surface area (Å²) >= 11 is 0. The Hall–Kier alpha value is -1.75. The Morgan fingerprint density at radius 3 is 3.00 bits per heavy atom. The average Bonchev–Trinajstić information content (AvgIpc) is 3.08. The number of fused-ring (bicyclic) bond motifs is 1. The normalized spacial score (nSPS) is 29.1. The topological polar surface area (TPSA) is 72.2 Å². The molecule has 2 aliphatic rings. The van der Waals surface area contributed by atoms with E-state index in [1.165, 1.54) is 31.4 Å². The summed E-state index contributed by atoms with van der Waals surface area (Å²) in [5, 5.41) is 14.3. The fourth-order valence-corrected chi connectivity index (χ4v) is 3.98. The zero-order valence-corrected chi connectivity index (χ0v) is 12.1. The van der Waals surface area contributed by atoms with E-state index in [0.717, 1.165) is 6.54 Å². The van der Waals surface area contributed by atoms with E-state index in [1.807, 2.05) is 6.92 Å². The van der Waals surface area contributed by atoms with Crippen molar-refractivity contribution < 1.29 is 9.72 Å². The number of nitrogens with one attached hydrogen (secondary N) is 1. The first-order valence-corrected chi connectivity index (χ1v) is 7.60. The zero-order valence-electron chi connectivity index (χ0n) is 12.1. The molecule has 0 spiro atoms. The Labute approximate surface area is 123 Å². The molecule has 4 unspecified atom stereocenters. The minimum atomic E-state index is -0.456. The lowest BCUT2D eigenvalue weighted by Crippen LogP contribution is -2.38. The summed E-state index contributed by atoms with van der Waals surface area (Å²) in [6, 6.07) is 6.28. The average molecular weight is 288 g/mol. The van der Waals surface area contributed by atoms with Crippen molar-refractivity contribution in [3.63, 3.8) is 0 Å². The number of ketones is 1. The number of carbonyl (C=O) groups is 1. The number of carbonyl (C=O) groups excluding carboxylic acids is 1. The van der Waals surface area contributed by atoms with Crippen LogP contribution in [0.3, 0.4) is 0 Å². The molecule has 4 atom stereocenters. The van der Waals surface area contributed by atoms with Gasteiger partial charge in [0.05, 0.1) is 4.92 Å². The standard InChI is InChI=1S/C16H20N2O3/c1-10(15-14-7-3-5-12(14)9-17-15)16(19)11-4-2-6-13(8-11)18(20)21/h2,4,6,8,10,12,14-15,17H,3,5,7,9H2,1H3. The number of nitrogens with zero attached hydrogens (tertiary/aromatic N) is 1. The molecule has 0 aromatic heterocycles. The van der Waals surface area contributed by atoms with E-state index in [1.54, 1.807) is 12.1 Å². The third kappa shape index (κ3) is 2.58. The molecule has 0 amide bonds. The highest BCUT2D eigenvalue weighted by molar-refractivity contribution is 5.98. The van der Waals surface area contributed by atoms with Crippen LogP contribution in [0, 0.1) is 27.9 Å². The Balaban J connectivity index is 1.78. The summed E-state index contributed by atoms with van der Waals surface area (Å²) in [4.78, 5) is 23.0. The van der Waals surface area contributed by atoms with E-state index in [0.29, 0.717) is 17.4 Å². The Kier molecular flexibility index (Phi) is 3.76. The summed E-state index contributed by atoms with van der Waals surface area (Å²) in [6.45, 7) is 2.95. The molecule has 1 aromatic carbocycles. The van der Waals surface area contributed by atoms with Crippen LogP contribution in [0.2, 0.25) is 0 Å². The highest BCUT2D eigenvalue weighted by Gasteiger charge is 2.43. The molecule has 1 aliphatic carbocycles. The van der Waals surface area contributed by atoms with Gasteiger partial charge >= 0.3 is 0 Å². The number of hydrogen-bond acceptors (Lipinski definition) is 4. The van der Waals surface area contributed by atoms with Crippen LogP contribution in [0.15, 0.2) is 24.3 Å². The van der Waals surface area contributed by atoms with Crippen molar-refractivity contribution in [1.82, 2.24) is 5.32 Å². The number of Topliss-reactive ketones (excluding diaryl/α,β-unsaturated/α-hetero) is 1. The summed E-state index contributed by atoms with van der Waals surface area (Å²) in [6.07, 6.45) is 3.70. The van der Waals surface area contributed by atoms with Crippen molar-refractivity contribution in [2.24, 2.45) is 17.8 Å². The molecule has 0 radical (unpaired) electrons. The van der Waals surface area contributed by atoms with Crippen LogP contribution in [0.5, 0.6) is 0 Å². The van der Waals surface area contributed by atoms with Crippen LogP contribution in [0.1, 0.15) is 36.5 Å². The Morgan fingerprint density at radius 2 is 2.24 bits per heavy atom. The van der Waals surface area contributed by atoms with Crippen molar-refractivity contribution in [3.8, 4) is 0 Å². The molecule has 0 bridgehead atoms. The van der Waals surface area contributed by atoms with Crippen LogP contribution in [0.4, 0.5) is 5.69 Å². The molecule has 1 aromatic rings. The number of nitro groups is 1. The molecule has 3 rings (SSSR count). The smallest absolute Gasteiger partial charge is 0.270 e. The molecule has 1 heterocycles. The quantitative estimate of drug-likeness (QED) is 0.525. The Bertz CT molecular complexity index is 572. The van der Waals surface area contributed by atoms with E-state index < -0.39 is 4.92 Å². The van der Waals surface area contributed by atoms with Gasteiger partial charge in [0.1, 0.15) is 0 Å². The number of hydrogen-bond donors (Lipinski definition) is 1. The van der Waals surface area contributed by atoms with Gasteiger partial charge in [0.15, 0.2) is 5.78 Å². The van der Waals surface area contributed by atoms with Gasteiger partial charge < -0.3 is 5.32 Å². The van der Waals surface area contributed by atoms with Crippen molar-refractivity contribution in [1.29, 1.82) is 0 Å². The first-order valence-electron chi connectivity index (χ1n) is 7.60. The highest BCUT2D eigenvalue weighted by atomic mass is 16.6. The fraction of sp³-hybridized carbons (Fsp3) is 0.562. The summed E-state index contributed by atoms with van der Waals surface area (Å²) in [5.74, 6) is 1.15. The van der Waals surface area contributed by atoms with Crippen LogP contribution < -0.4 is 5.32 Å². The molecule has 2 fully saturated rings. The fourth-order valence-electron chi connectivity index (χ4n) is 3.98. The lowest BCUT2D eigenvalue weighted by atomic mass is 9.83. The molecule has 1 saturated carbocycles. The summed E-state index contributed by atoms with van der Waals surface area (Å²) in [5.41, 5.74) is 0.422. The first kappa shape index (κ1) is 14.2. The first-order chi connectivity index (χ1) is 10.1. The number of benzene rings is 1. The molecule has 5 nitrogen and oxygen atoms in total. The monoisotopic (exact) mass is 288 g/mol. The predicted octanol–water partition coefficient (Wildman–Crippen LogP) is 2.80. The van der Waals surface area contributed by atoms with E-state index in [9.17, 15) is 14.9 Å². The maximum Gasteiger partial charge on any atom is 0.270 e. The van der Waals surface area contributed by atoms with Crippen molar-refractivity contribution >= 4 is 11.5 Å². The van der Waals surface area contributed by atoms with Gasteiger partial charge in [-0.25, -0.2) is 0 Å². The number of non-ortho nitro benzene ring substituents is 1. The van der Waals surface area contributed by atoms with Crippen molar-refractivity contribution in [3.05, 3.63) is 39.9 Å². The van der Waals surface area contributed by atoms with Crippen LogP contribution in [0.25, 0.3) is 0 Å². The minimum Gasteiger partial charge on any atom is -0.313 e. The second-order valence-corrected chi connectivity index (χ2v) is 6.25. The lowest BCUT2D eigenvalue weighted by Gasteiger charge is -2.24. The Morgan fingerprint density at radius 1 is 1.43 bits per heavy atom. The third-order valence-corrected chi connectivity index (χ3v) is 5.09. The molecule has 5 heteroatoms. The van der Waals surface area contributed by atoms with Gasteiger partial charge in [0.2, 0.25) is 0 Å². The third-order valence-electron chi connectivity index (χ3n) is 5.09. The number of nitro benzene ring substituents is 1. The maximum atomic E-state index is 12.6. The molecular formula is C16H20N2O3. The predicted molar refractivity (Wildman–Crippen MR) is 79.2 cm³/mol. The van der Waals surface area contributed by atoms with Crippen molar-refractivity contribution in [2.45, 2.75) is 32.2 Å². The van der Waals surface area contributed by atoms with E-state index in [2.05, 4.69) is 5.32 Å². The molecule has 112 valence electrons. The largest absolute Gasteiger partial charge is 0.313 e. The van der Waals surface area contributed by atoms with E-state index >= 15 is 0 Å². The number of rotatable bonds is 4. The van der Waals surface area contributed by atoms with Crippen molar-refractivity contribution in [2.75, 3.05) is 6.54 Å². The zero-order chi connectivity index (χ0) is 15.0. The van der Waals surface area contributed by atoms with Crippen LogP contribution in [-0.2, 0) is 0 Å². The lowest BCUT2D eigenvalue weighted by molar-refractivity contribution is -0.384. The van der Waals surface area contributed by atoms with Gasteiger partial charge in [-0.2, -0.15) is 0 Å². The van der Waals surface area contributed by atoms with Gasteiger partial charge in [-0.1, -0.05) is 25.5 Å². The summed E-state index contributed by atoms with van der Waals surface area (Å²) in [7, 11) is 0.